The summed E-state index contributed by atoms with van der Waals surface area (Å²) in [6, 6.07) is 41.5. The van der Waals surface area contributed by atoms with Gasteiger partial charge in [0.05, 0.1) is 16.7 Å². The minimum atomic E-state index is -3.27. The van der Waals surface area contributed by atoms with E-state index >= 15 is 4.57 Å². The largest absolute Gasteiger partial charge is 0.308 e. The van der Waals surface area contributed by atoms with Crippen LogP contribution in [0.4, 0.5) is 0 Å². The molecule has 7 aromatic rings. The van der Waals surface area contributed by atoms with Gasteiger partial charge in [-0.25, -0.2) is 19.9 Å². The van der Waals surface area contributed by atoms with Gasteiger partial charge in [-0.15, -0.1) is 0 Å². The van der Waals surface area contributed by atoms with Gasteiger partial charge in [-0.3, -0.25) is 4.57 Å². The molecule has 0 saturated carbocycles. The van der Waals surface area contributed by atoms with Gasteiger partial charge in [-0.2, -0.15) is 0 Å². The van der Waals surface area contributed by atoms with E-state index in [0.29, 0.717) is 17.5 Å². The Hall–Kier alpha value is -5.19. The summed E-state index contributed by atoms with van der Waals surface area (Å²) in [6.45, 7) is 1.99. The van der Waals surface area contributed by atoms with Crippen molar-refractivity contribution in [1.82, 2.24) is 24.5 Å². The molecule has 2 aromatic heterocycles. The molecule has 6 nitrogen and oxygen atoms in total. The van der Waals surface area contributed by atoms with Crippen LogP contribution in [0.5, 0.6) is 0 Å². The van der Waals surface area contributed by atoms with Gasteiger partial charge in [-0.1, -0.05) is 97.1 Å². The average molecular weight is 562 g/mol. The van der Waals surface area contributed by atoms with E-state index in [1.165, 1.54) is 0 Å². The maximum absolute atomic E-state index is 15.5. The highest BCUT2D eigenvalue weighted by Gasteiger charge is 2.39. The fourth-order valence-corrected chi connectivity index (χ4v) is 8.90. The summed E-state index contributed by atoms with van der Waals surface area (Å²) >= 11 is 0. The van der Waals surface area contributed by atoms with Crippen LogP contribution in [0.3, 0.4) is 0 Å². The van der Waals surface area contributed by atoms with Crippen LogP contribution in [0.25, 0.3) is 50.9 Å². The molecule has 0 amide bonds. The third kappa shape index (κ3) is 3.69. The molecule has 1 aliphatic heterocycles. The van der Waals surface area contributed by atoms with E-state index in [4.69, 9.17) is 19.9 Å². The van der Waals surface area contributed by atoms with Gasteiger partial charge in [0.1, 0.15) is 5.82 Å². The van der Waals surface area contributed by atoms with Crippen LogP contribution in [-0.2, 0) is 4.57 Å². The van der Waals surface area contributed by atoms with Crippen molar-refractivity contribution in [3.63, 3.8) is 0 Å². The molecule has 0 radical (unpaired) electrons. The van der Waals surface area contributed by atoms with Gasteiger partial charge in [0.25, 0.3) is 0 Å². The van der Waals surface area contributed by atoms with Crippen LogP contribution in [0.2, 0.25) is 0 Å². The number of hydrogen-bond donors (Lipinski definition) is 0. The predicted molar refractivity (Wildman–Crippen MR) is 168 cm³/mol. The second-order valence-electron chi connectivity index (χ2n) is 10.3. The van der Waals surface area contributed by atoms with Crippen molar-refractivity contribution in [3.8, 4) is 39.9 Å². The van der Waals surface area contributed by atoms with E-state index < -0.39 is 7.14 Å². The lowest BCUT2D eigenvalue weighted by Gasteiger charge is -2.29. The molecule has 0 aliphatic carbocycles. The SMILES string of the molecule is Cc1nc2cccc3c2n1-c1ccc(-c2nc(-c4ccccc4)nc(-c4ccccc4)n2)cc1P3(=O)c1ccccc1. The number of rotatable bonds is 4. The van der Waals surface area contributed by atoms with Crippen LogP contribution in [0.1, 0.15) is 5.82 Å². The molecule has 1 unspecified atom stereocenters. The summed E-state index contributed by atoms with van der Waals surface area (Å²) in [7, 11) is -3.27. The Morgan fingerprint density at radius 2 is 1.12 bits per heavy atom. The first-order valence-corrected chi connectivity index (χ1v) is 15.5. The summed E-state index contributed by atoms with van der Waals surface area (Å²) < 4.78 is 17.7. The van der Waals surface area contributed by atoms with Crippen LogP contribution in [0.15, 0.2) is 127 Å². The fourth-order valence-electron chi connectivity index (χ4n) is 5.86. The highest BCUT2D eigenvalue weighted by atomic mass is 31.2. The minimum Gasteiger partial charge on any atom is -0.308 e. The van der Waals surface area contributed by atoms with Crippen LogP contribution >= 0.6 is 7.14 Å². The Kier molecular flexibility index (Phi) is 5.53. The first-order valence-electron chi connectivity index (χ1n) is 13.8. The monoisotopic (exact) mass is 561 g/mol. The van der Waals surface area contributed by atoms with Gasteiger partial charge in [0.2, 0.25) is 0 Å². The molecule has 5 aromatic carbocycles. The van der Waals surface area contributed by atoms with Crippen molar-refractivity contribution in [2.24, 2.45) is 0 Å². The van der Waals surface area contributed by atoms with Crippen molar-refractivity contribution >= 4 is 34.1 Å². The van der Waals surface area contributed by atoms with E-state index in [1.54, 1.807) is 0 Å². The third-order valence-corrected chi connectivity index (χ3v) is 10.9. The van der Waals surface area contributed by atoms with Crippen molar-refractivity contribution in [3.05, 3.63) is 133 Å². The van der Waals surface area contributed by atoms with Gasteiger partial charge in [0.15, 0.2) is 24.6 Å². The zero-order valence-electron chi connectivity index (χ0n) is 22.7. The van der Waals surface area contributed by atoms with Crippen molar-refractivity contribution in [2.75, 3.05) is 0 Å². The molecule has 0 N–H and O–H groups in total. The quantitative estimate of drug-likeness (QED) is 0.230. The second-order valence-corrected chi connectivity index (χ2v) is 13.0. The Bertz CT molecular complexity index is 2120. The maximum Gasteiger partial charge on any atom is 0.175 e. The second kappa shape index (κ2) is 9.44. The van der Waals surface area contributed by atoms with Crippen molar-refractivity contribution in [2.45, 2.75) is 6.92 Å². The van der Waals surface area contributed by atoms with Crippen LogP contribution in [-0.4, -0.2) is 24.5 Å². The lowest BCUT2D eigenvalue weighted by atomic mass is 10.1. The van der Waals surface area contributed by atoms with Gasteiger partial charge in [0, 0.05) is 32.6 Å². The Balaban J connectivity index is 1.41. The van der Waals surface area contributed by atoms with Gasteiger partial charge >= 0.3 is 0 Å². The average Bonchev–Trinajstić information content (AvgIpc) is 3.40. The summed E-state index contributed by atoms with van der Waals surface area (Å²) in [4.78, 5) is 19.5. The summed E-state index contributed by atoms with van der Waals surface area (Å²) in [5, 5.41) is 2.32. The molecule has 3 heterocycles. The van der Waals surface area contributed by atoms with E-state index in [1.807, 2.05) is 134 Å². The summed E-state index contributed by atoms with van der Waals surface area (Å²) in [5.41, 5.74) is 5.18. The van der Waals surface area contributed by atoms with E-state index in [2.05, 4.69) is 4.57 Å². The molecular weight excluding hydrogens is 537 g/mol. The molecule has 8 rings (SSSR count). The number of aromatic nitrogens is 5. The van der Waals surface area contributed by atoms with E-state index in [9.17, 15) is 0 Å². The van der Waals surface area contributed by atoms with Crippen molar-refractivity contribution in [1.29, 1.82) is 0 Å². The summed E-state index contributed by atoms with van der Waals surface area (Å²) in [5.74, 6) is 2.54. The number of imidazole rings is 1. The summed E-state index contributed by atoms with van der Waals surface area (Å²) in [6.07, 6.45) is 0. The normalized spacial score (nSPS) is 15.5. The van der Waals surface area contributed by atoms with Crippen LogP contribution in [0, 0.1) is 6.92 Å². The standard InChI is InChI=1S/C35H24N5OP/c1-23-36-28-18-11-19-30-32(28)40(23)29-21-20-26(22-31(29)42(30,41)27-16-9-4-10-17-27)35-38-33(24-12-5-2-6-13-24)37-34(39-35)25-14-7-3-8-15-25/h2-22H,1H3. The predicted octanol–water partition coefficient (Wildman–Crippen LogP) is 6.47. The van der Waals surface area contributed by atoms with Crippen molar-refractivity contribution < 1.29 is 4.57 Å². The highest BCUT2D eigenvalue weighted by molar-refractivity contribution is 7.86. The number of hydrogen-bond acceptors (Lipinski definition) is 5. The smallest absolute Gasteiger partial charge is 0.175 e. The van der Waals surface area contributed by atoms with E-state index in [-0.39, 0.29) is 0 Å². The van der Waals surface area contributed by atoms with Gasteiger partial charge in [-0.05, 0) is 37.3 Å². The number of benzene rings is 5. The maximum atomic E-state index is 15.5. The number of nitrogens with zero attached hydrogens (tertiary/aromatic N) is 5. The topological polar surface area (TPSA) is 73.6 Å². The first-order chi connectivity index (χ1) is 20.6. The molecule has 200 valence electrons. The highest BCUT2D eigenvalue weighted by Crippen LogP contribution is 2.49. The fraction of sp³-hybridized carbons (Fsp3) is 0.0286. The molecule has 0 saturated heterocycles. The molecule has 0 spiro atoms. The third-order valence-electron chi connectivity index (χ3n) is 7.80. The number of fused-ring (bicyclic) bond motifs is 2. The Morgan fingerprint density at radius 3 is 1.74 bits per heavy atom. The number of para-hydroxylation sites is 1. The van der Waals surface area contributed by atoms with Gasteiger partial charge < -0.3 is 4.57 Å². The molecule has 1 aliphatic rings. The molecule has 42 heavy (non-hydrogen) atoms. The Labute approximate surface area is 242 Å². The molecule has 0 bridgehead atoms. The minimum absolute atomic E-state index is 0.525. The van der Waals surface area contributed by atoms with Crippen LogP contribution < -0.4 is 15.9 Å². The Morgan fingerprint density at radius 1 is 0.548 bits per heavy atom. The lowest BCUT2D eigenvalue weighted by Crippen LogP contribution is -2.33. The molecule has 7 heteroatoms. The molecular formula is C35H24N5OP. The molecule has 1 atom stereocenters. The lowest BCUT2D eigenvalue weighted by molar-refractivity contribution is 0.592. The molecule has 0 fully saturated rings. The zero-order valence-corrected chi connectivity index (χ0v) is 23.6. The number of aryl methyl sites for hydroxylation is 1. The first kappa shape index (κ1) is 24.6. The van der Waals surface area contributed by atoms with E-state index in [0.717, 1.165) is 55.1 Å². The zero-order chi connectivity index (χ0) is 28.3.